The standard InChI is InChI=1S/C16H27N3S/c1-3-6-18-16(9-15-10-17-11-20-15)12-7-13-4-5-14(8-12)19(13)2/h10-14,16,18H,3-9H2,1-2H3. The van der Waals surface area contributed by atoms with E-state index in [-0.39, 0.29) is 0 Å². The molecule has 0 aliphatic carbocycles. The summed E-state index contributed by atoms with van der Waals surface area (Å²) < 4.78 is 0. The second kappa shape index (κ2) is 6.54. The summed E-state index contributed by atoms with van der Waals surface area (Å²) in [5.74, 6) is 0.845. The molecule has 3 atom stereocenters. The number of thiazole rings is 1. The summed E-state index contributed by atoms with van der Waals surface area (Å²) in [7, 11) is 2.33. The predicted octanol–water partition coefficient (Wildman–Crippen LogP) is 2.93. The van der Waals surface area contributed by atoms with Crippen molar-refractivity contribution in [2.75, 3.05) is 13.6 Å². The summed E-state index contributed by atoms with van der Waals surface area (Å²) >= 11 is 1.80. The number of nitrogens with one attached hydrogen (secondary N) is 1. The quantitative estimate of drug-likeness (QED) is 0.874. The number of nitrogens with zero attached hydrogens (tertiary/aromatic N) is 2. The molecule has 3 heterocycles. The van der Waals surface area contributed by atoms with Crippen molar-refractivity contribution in [2.24, 2.45) is 5.92 Å². The van der Waals surface area contributed by atoms with Gasteiger partial charge in [-0.25, -0.2) is 0 Å². The van der Waals surface area contributed by atoms with E-state index >= 15 is 0 Å². The Balaban J connectivity index is 1.66. The lowest BCUT2D eigenvalue weighted by Crippen LogP contribution is -2.48. The van der Waals surface area contributed by atoms with Crippen LogP contribution in [0.2, 0.25) is 0 Å². The molecule has 0 saturated carbocycles. The minimum atomic E-state index is 0.646. The van der Waals surface area contributed by atoms with E-state index in [2.05, 4.69) is 35.4 Å². The Morgan fingerprint density at radius 1 is 1.40 bits per heavy atom. The molecule has 112 valence electrons. The van der Waals surface area contributed by atoms with Gasteiger partial charge in [0.1, 0.15) is 0 Å². The van der Waals surface area contributed by atoms with Crippen LogP contribution < -0.4 is 5.32 Å². The lowest BCUT2D eigenvalue weighted by Gasteiger charge is -2.40. The van der Waals surface area contributed by atoms with Crippen LogP contribution in [0.4, 0.5) is 0 Å². The molecular formula is C16H27N3S. The number of rotatable bonds is 6. The molecule has 2 aliphatic heterocycles. The largest absolute Gasteiger partial charge is 0.313 e. The number of piperidine rings is 1. The van der Waals surface area contributed by atoms with Crippen molar-refractivity contribution in [3.63, 3.8) is 0 Å². The third-order valence-corrected chi connectivity index (χ3v) is 6.07. The molecule has 4 heteroatoms. The van der Waals surface area contributed by atoms with Crippen molar-refractivity contribution in [2.45, 2.75) is 63.6 Å². The Kier molecular flexibility index (Phi) is 4.74. The molecular weight excluding hydrogens is 266 g/mol. The average Bonchev–Trinajstić information content (AvgIpc) is 3.00. The molecule has 3 rings (SSSR count). The number of fused-ring (bicyclic) bond motifs is 2. The van der Waals surface area contributed by atoms with Crippen LogP contribution in [-0.2, 0) is 6.42 Å². The maximum Gasteiger partial charge on any atom is 0.0794 e. The van der Waals surface area contributed by atoms with Crippen molar-refractivity contribution in [1.82, 2.24) is 15.2 Å². The van der Waals surface area contributed by atoms with Crippen LogP contribution in [0.5, 0.6) is 0 Å². The van der Waals surface area contributed by atoms with Crippen LogP contribution in [0.25, 0.3) is 0 Å². The molecule has 2 bridgehead atoms. The molecule has 0 spiro atoms. The van der Waals surface area contributed by atoms with Gasteiger partial charge in [0.25, 0.3) is 0 Å². The van der Waals surface area contributed by atoms with Gasteiger partial charge in [-0.15, -0.1) is 11.3 Å². The van der Waals surface area contributed by atoms with Gasteiger partial charge in [-0.2, -0.15) is 0 Å². The van der Waals surface area contributed by atoms with Gasteiger partial charge in [0.15, 0.2) is 0 Å². The van der Waals surface area contributed by atoms with Gasteiger partial charge in [0.05, 0.1) is 5.51 Å². The Bertz CT molecular complexity index is 392. The Labute approximate surface area is 126 Å². The first-order valence-corrected chi connectivity index (χ1v) is 8.98. The molecule has 2 aliphatic rings. The van der Waals surface area contributed by atoms with Crippen molar-refractivity contribution in [3.8, 4) is 0 Å². The average molecular weight is 293 g/mol. The minimum Gasteiger partial charge on any atom is -0.313 e. The lowest BCUT2D eigenvalue weighted by molar-refractivity contribution is 0.112. The van der Waals surface area contributed by atoms with E-state index in [0.29, 0.717) is 6.04 Å². The van der Waals surface area contributed by atoms with Crippen molar-refractivity contribution >= 4 is 11.3 Å². The summed E-state index contributed by atoms with van der Waals surface area (Å²) in [4.78, 5) is 8.31. The van der Waals surface area contributed by atoms with Gasteiger partial charge >= 0.3 is 0 Å². The monoisotopic (exact) mass is 293 g/mol. The normalized spacial score (nSPS) is 31.6. The minimum absolute atomic E-state index is 0.646. The fraction of sp³-hybridized carbons (Fsp3) is 0.812. The number of hydrogen-bond acceptors (Lipinski definition) is 4. The van der Waals surface area contributed by atoms with Crippen LogP contribution in [-0.4, -0.2) is 41.6 Å². The Morgan fingerprint density at radius 3 is 2.75 bits per heavy atom. The van der Waals surface area contributed by atoms with Gasteiger partial charge in [0, 0.05) is 29.2 Å². The molecule has 0 aromatic carbocycles. The maximum atomic E-state index is 4.24. The highest BCUT2D eigenvalue weighted by molar-refractivity contribution is 7.09. The first-order chi connectivity index (χ1) is 9.78. The van der Waals surface area contributed by atoms with E-state index in [0.717, 1.165) is 24.5 Å². The predicted molar refractivity (Wildman–Crippen MR) is 85.2 cm³/mol. The van der Waals surface area contributed by atoms with Crippen LogP contribution in [0.15, 0.2) is 11.7 Å². The second-order valence-electron chi connectivity index (χ2n) is 6.51. The first-order valence-electron chi connectivity index (χ1n) is 8.10. The second-order valence-corrected chi connectivity index (χ2v) is 7.49. The van der Waals surface area contributed by atoms with E-state index in [1.165, 1.54) is 43.4 Å². The molecule has 3 unspecified atom stereocenters. The molecule has 1 aromatic rings. The summed E-state index contributed by atoms with van der Waals surface area (Å²) in [6.45, 7) is 3.40. The van der Waals surface area contributed by atoms with Gasteiger partial charge in [0.2, 0.25) is 0 Å². The third-order valence-electron chi connectivity index (χ3n) is 5.26. The summed E-state index contributed by atoms with van der Waals surface area (Å²) in [5, 5.41) is 3.82. The fourth-order valence-corrected chi connectivity index (χ4v) is 4.73. The zero-order valence-corrected chi connectivity index (χ0v) is 13.5. The van der Waals surface area contributed by atoms with Crippen LogP contribution in [0, 0.1) is 5.92 Å². The van der Waals surface area contributed by atoms with Crippen molar-refractivity contribution < 1.29 is 0 Å². The van der Waals surface area contributed by atoms with Gasteiger partial charge in [-0.3, -0.25) is 4.98 Å². The number of aromatic nitrogens is 1. The van der Waals surface area contributed by atoms with Gasteiger partial charge in [-0.1, -0.05) is 6.92 Å². The zero-order valence-electron chi connectivity index (χ0n) is 12.7. The van der Waals surface area contributed by atoms with Gasteiger partial charge < -0.3 is 10.2 Å². The molecule has 1 aromatic heterocycles. The van der Waals surface area contributed by atoms with Crippen molar-refractivity contribution in [3.05, 3.63) is 16.6 Å². The van der Waals surface area contributed by atoms with E-state index < -0.39 is 0 Å². The molecule has 2 saturated heterocycles. The molecule has 0 amide bonds. The van der Waals surface area contributed by atoms with E-state index in [9.17, 15) is 0 Å². The highest BCUT2D eigenvalue weighted by Crippen LogP contribution is 2.39. The summed E-state index contributed by atoms with van der Waals surface area (Å²) in [6.07, 6.45) is 10.0. The summed E-state index contributed by atoms with van der Waals surface area (Å²) in [6, 6.07) is 2.32. The van der Waals surface area contributed by atoms with E-state index in [1.807, 2.05) is 5.51 Å². The SMILES string of the molecule is CCCNC(Cc1cncs1)C1CC2CCC(C1)N2C. The highest BCUT2D eigenvalue weighted by Gasteiger charge is 2.40. The van der Waals surface area contributed by atoms with Crippen molar-refractivity contribution in [1.29, 1.82) is 0 Å². The van der Waals surface area contributed by atoms with E-state index in [4.69, 9.17) is 0 Å². The fourth-order valence-electron chi connectivity index (χ4n) is 4.08. The van der Waals surface area contributed by atoms with Crippen LogP contribution in [0.3, 0.4) is 0 Å². The molecule has 20 heavy (non-hydrogen) atoms. The third kappa shape index (κ3) is 3.07. The molecule has 2 fully saturated rings. The van der Waals surface area contributed by atoms with Gasteiger partial charge in [-0.05, 0) is 58.0 Å². The highest BCUT2D eigenvalue weighted by atomic mass is 32.1. The molecule has 0 radical (unpaired) electrons. The first kappa shape index (κ1) is 14.5. The number of hydrogen-bond donors (Lipinski definition) is 1. The topological polar surface area (TPSA) is 28.2 Å². The molecule has 3 nitrogen and oxygen atoms in total. The van der Waals surface area contributed by atoms with E-state index in [1.54, 1.807) is 11.3 Å². The smallest absolute Gasteiger partial charge is 0.0794 e. The Morgan fingerprint density at radius 2 is 2.15 bits per heavy atom. The van der Waals surface area contributed by atoms with Crippen LogP contribution >= 0.6 is 11.3 Å². The summed E-state index contributed by atoms with van der Waals surface area (Å²) in [5.41, 5.74) is 1.96. The Hall–Kier alpha value is -0.450. The molecule has 1 N–H and O–H groups in total. The zero-order chi connectivity index (χ0) is 13.9. The lowest BCUT2D eigenvalue weighted by atomic mass is 9.83. The van der Waals surface area contributed by atoms with Crippen LogP contribution in [0.1, 0.15) is 43.9 Å². The maximum absolute atomic E-state index is 4.24.